The lowest BCUT2D eigenvalue weighted by Gasteiger charge is -2.22. The van der Waals surface area contributed by atoms with Crippen molar-refractivity contribution in [2.24, 2.45) is 0 Å². The van der Waals surface area contributed by atoms with Crippen LogP contribution in [0.1, 0.15) is 38.0 Å². The molecule has 1 rings (SSSR count). The molecule has 1 N–H and O–H groups in total. The number of esters is 1. The molecule has 0 saturated heterocycles. The van der Waals surface area contributed by atoms with Gasteiger partial charge in [-0.15, -0.1) is 0 Å². The molecule has 0 heterocycles. The molecule has 0 aliphatic carbocycles. The van der Waals surface area contributed by atoms with Gasteiger partial charge < -0.3 is 19.5 Å². The number of hydrogen-bond donors (Lipinski definition) is 1. The van der Waals surface area contributed by atoms with Crippen molar-refractivity contribution in [1.29, 1.82) is 0 Å². The van der Waals surface area contributed by atoms with Crippen LogP contribution in [-0.4, -0.2) is 32.6 Å². The van der Waals surface area contributed by atoms with Crippen molar-refractivity contribution in [1.82, 2.24) is 5.32 Å². The molecule has 1 aromatic carbocycles. The maximum atomic E-state index is 11.3. The molecular formula is C16H23NO5. The van der Waals surface area contributed by atoms with Crippen LogP contribution in [0.15, 0.2) is 12.1 Å². The lowest BCUT2D eigenvalue weighted by atomic mass is 10.0. The van der Waals surface area contributed by atoms with Crippen LogP contribution < -0.4 is 14.8 Å². The van der Waals surface area contributed by atoms with E-state index in [1.807, 2.05) is 13.0 Å². The van der Waals surface area contributed by atoms with Gasteiger partial charge in [-0.2, -0.15) is 0 Å². The molecule has 1 atom stereocenters. The van der Waals surface area contributed by atoms with Crippen molar-refractivity contribution in [3.05, 3.63) is 23.3 Å². The van der Waals surface area contributed by atoms with Crippen LogP contribution in [0.2, 0.25) is 0 Å². The summed E-state index contributed by atoms with van der Waals surface area (Å²) in [5.41, 5.74) is 1.64. The lowest BCUT2D eigenvalue weighted by molar-refractivity contribution is -0.147. The first-order chi connectivity index (χ1) is 10.4. The number of hydrogen-bond acceptors (Lipinski definition) is 5. The summed E-state index contributed by atoms with van der Waals surface area (Å²) in [6.07, 6.45) is 0.139. The van der Waals surface area contributed by atoms with Gasteiger partial charge in [-0.25, -0.2) is 0 Å². The number of benzene rings is 1. The number of carbonyl (C=O) groups excluding carboxylic acids is 2. The van der Waals surface area contributed by atoms with E-state index in [0.717, 1.165) is 12.0 Å². The van der Waals surface area contributed by atoms with Crippen molar-refractivity contribution < 1.29 is 23.8 Å². The second-order valence-corrected chi connectivity index (χ2v) is 4.79. The molecule has 0 spiro atoms. The van der Waals surface area contributed by atoms with Crippen molar-refractivity contribution in [3.8, 4) is 11.5 Å². The van der Waals surface area contributed by atoms with Gasteiger partial charge in [-0.1, -0.05) is 6.92 Å². The third-order valence-electron chi connectivity index (χ3n) is 3.21. The van der Waals surface area contributed by atoms with Gasteiger partial charge in [0.2, 0.25) is 5.91 Å². The number of carbonyl (C=O) groups is 2. The zero-order chi connectivity index (χ0) is 16.7. The predicted molar refractivity (Wildman–Crippen MR) is 82.1 cm³/mol. The molecule has 22 heavy (non-hydrogen) atoms. The summed E-state index contributed by atoms with van der Waals surface area (Å²) < 4.78 is 16.1. The summed E-state index contributed by atoms with van der Waals surface area (Å²) in [6.45, 7) is 4.91. The fraction of sp³-hybridized carbons (Fsp3) is 0.500. The van der Waals surface area contributed by atoms with Gasteiger partial charge in [0.05, 0.1) is 20.8 Å². The molecule has 0 aliphatic rings. The van der Waals surface area contributed by atoms with E-state index in [1.165, 1.54) is 13.8 Å². The van der Waals surface area contributed by atoms with E-state index in [9.17, 15) is 9.59 Å². The van der Waals surface area contributed by atoms with Gasteiger partial charge in [-0.3, -0.25) is 9.59 Å². The third-order valence-corrected chi connectivity index (χ3v) is 3.21. The van der Waals surface area contributed by atoms with Gasteiger partial charge in [0.15, 0.2) is 0 Å². The highest BCUT2D eigenvalue weighted by atomic mass is 16.5. The molecule has 0 fully saturated rings. The smallest absolute Gasteiger partial charge is 0.303 e. The van der Waals surface area contributed by atoms with E-state index in [1.54, 1.807) is 20.3 Å². The maximum absolute atomic E-state index is 11.3. The highest BCUT2D eigenvalue weighted by Crippen LogP contribution is 2.34. The molecule has 0 radical (unpaired) electrons. The zero-order valence-corrected chi connectivity index (χ0v) is 13.7. The number of methoxy groups -OCH3 is 2. The van der Waals surface area contributed by atoms with Gasteiger partial charge in [0.1, 0.15) is 17.6 Å². The van der Waals surface area contributed by atoms with Crippen LogP contribution in [0, 0.1) is 0 Å². The largest absolute Gasteiger partial charge is 0.496 e. The monoisotopic (exact) mass is 309 g/mol. The number of rotatable bonds is 7. The summed E-state index contributed by atoms with van der Waals surface area (Å²) in [6, 6.07) is 3.64. The van der Waals surface area contributed by atoms with Crippen LogP contribution in [0.3, 0.4) is 0 Å². The average Bonchev–Trinajstić information content (AvgIpc) is 2.49. The van der Waals surface area contributed by atoms with Gasteiger partial charge in [0.25, 0.3) is 0 Å². The molecule has 1 unspecified atom stereocenters. The molecule has 0 aromatic heterocycles. The average molecular weight is 309 g/mol. The van der Waals surface area contributed by atoms with E-state index >= 15 is 0 Å². The van der Waals surface area contributed by atoms with Crippen LogP contribution in [0.5, 0.6) is 11.5 Å². The van der Waals surface area contributed by atoms with Gasteiger partial charge in [-0.05, 0) is 24.1 Å². The van der Waals surface area contributed by atoms with E-state index in [-0.39, 0.29) is 12.5 Å². The summed E-state index contributed by atoms with van der Waals surface area (Å²) in [5, 5.41) is 2.65. The normalized spacial score (nSPS) is 11.5. The Morgan fingerprint density at radius 1 is 1.14 bits per heavy atom. The quantitative estimate of drug-likeness (QED) is 0.780. The van der Waals surface area contributed by atoms with Crippen molar-refractivity contribution in [3.63, 3.8) is 0 Å². The molecule has 122 valence electrons. The molecule has 6 nitrogen and oxygen atoms in total. The standard InChI is InChI=1S/C16H23NO5/c1-6-12-7-15(21-5)13(8-14(12)20-4)16(22-11(3)19)9-17-10(2)18/h7-8,16H,6,9H2,1-5H3,(H,17,18). The molecule has 1 amide bonds. The lowest BCUT2D eigenvalue weighted by Crippen LogP contribution is -2.28. The molecular weight excluding hydrogens is 286 g/mol. The van der Waals surface area contributed by atoms with Crippen molar-refractivity contribution >= 4 is 11.9 Å². The van der Waals surface area contributed by atoms with Crippen LogP contribution in [0.25, 0.3) is 0 Å². The van der Waals surface area contributed by atoms with E-state index in [0.29, 0.717) is 17.1 Å². The first kappa shape index (κ1) is 17.8. The number of aryl methyl sites for hydroxylation is 1. The Labute approximate surface area is 130 Å². The highest BCUT2D eigenvalue weighted by Gasteiger charge is 2.22. The van der Waals surface area contributed by atoms with E-state index < -0.39 is 12.1 Å². The van der Waals surface area contributed by atoms with Gasteiger partial charge in [0, 0.05) is 19.4 Å². The predicted octanol–water partition coefficient (Wildman–Crippen LogP) is 2.01. The Balaban J connectivity index is 3.25. The Bertz CT molecular complexity index is 542. The zero-order valence-electron chi connectivity index (χ0n) is 13.7. The SMILES string of the molecule is CCc1cc(OC)c(C(CNC(C)=O)OC(C)=O)cc1OC. The molecule has 0 saturated carbocycles. The van der Waals surface area contributed by atoms with Crippen LogP contribution in [0.4, 0.5) is 0 Å². The molecule has 1 aromatic rings. The summed E-state index contributed by atoms with van der Waals surface area (Å²) in [7, 11) is 3.13. The summed E-state index contributed by atoms with van der Waals surface area (Å²) in [5.74, 6) is 0.650. The first-order valence-corrected chi connectivity index (χ1v) is 7.09. The number of nitrogens with one attached hydrogen (secondary N) is 1. The second-order valence-electron chi connectivity index (χ2n) is 4.79. The Kier molecular flexibility index (Phi) is 6.69. The number of ether oxygens (including phenoxy) is 3. The summed E-state index contributed by atoms with van der Waals surface area (Å²) >= 11 is 0. The fourth-order valence-electron chi connectivity index (χ4n) is 2.16. The van der Waals surface area contributed by atoms with Crippen molar-refractivity contribution in [2.75, 3.05) is 20.8 Å². The van der Waals surface area contributed by atoms with Crippen LogP contribution >= 0.6 is 0 Å². The van der Waals surface area contributed by atoms with Gasteiger partial charge >= 0.3 is 5.97 Å². The highest BCUT2D eigenvalue weighted by molar-refractivity contribution is 5.73. The Morgan fingerprint density at radius 2 is 1.77 bits per heavy atom. The minimum atomic E-state index is -0.642. The van der Waals surface area contributed by atoms with E-state index in [4.69, 9.17) is 14.2 Å². The molecule has 0 aliphatic heterocycles. The number of amides is 1. The Morgan fingerprint density at radius 3 is 2.23 bits per heavy atom. The van der Waals surface area contributed by atoms with Crippen LogP contribution in [-0.2, 0) is 20.7 Å². The minimum Gasteiger partial charge on any atom is -0.496 e. The molecule has 0 bridgehead atoms. The fourth-order valence-corrected chi connectivity index (χ4v) is 2.16. The topological polar surface area (TPSA) is 73.9 Å². The molecule has 6 heteroatoms. The first-order valence-electron chi connectivity index (χ1n) is 7.09. The van der Waals surface area contributed by atoms with E-state index in [2.05, 4.69) is 5.32 Å². The van der Waals surface area contributed by atoms with Crippen molar-refractivity contribution in [2.45, 2.75) is 33.3 Å². The third kappa shape index (κ3) is 4.65. The second kappa shape index (κ2) is 8.26. The minimum absolute atomic E-state index is 0.167. The Hall–Kier alpha value is -2.24. The maximum Gasteiger partial charge on any atom is 0.303 e. The summed E-state index contributed by atoms with van der Waals surface area (Å²) in [4.78, 5) is 22.5.